The Morgan fingerprint density at radius 1 is 0.472 bits per heavy atom. The molecule has 0 radical (unpaired) electrons. The van der Waals surface area contributed by atoms with Crippen molar-refractivity contribution in [2.75, 3.05) is 112 Å². The Bertz CT molecular complexity index is 543. The lowest BCUT2D eigenvalue weighted by Crippen LogP contribution is -2.33. The SMILES string of the molecule is CCCCCOCCOCCOCCOCCOCCOCCOCCOCCN1C(=O)C=CC1=O. The highest BCUT2D eigenvalue weighted by molar-refractivity contribution is 6.12. The number of unbranched alkanes of at least 4 members (excludes halogenated alkanes) is 2. The molecule has 0 N–H and O–H groups in total. The number of hydrogen-bond acceptors (Lipinski definition) is 10. The monoisotopic (exact) mass is 519 g/mol. The topological polar surface area (TPSA) is 111 Å². The molecule has 0 atom stereocenters. The highest BCUT2D eigenvalue weighted by Gasteiger charge is 2.22. The Kier molecular flexibility index (Phi) is 22.8. The number of nitrogens with zero attached hydrogens (tertiary/aromatic N) is 1. The maximum absolute atomic E-state index is 11.4. The van der Waals surface area contributed by atoms with E-state index in [0.717, 1.165) is 17.9 Å². The van der Waals surface area contributed by atoms with Crippen LogP contribution in [0, 0.1) is 0 Å². The summed E-state index contributed by atoms with van der Waals surface area (Å²) in [6.45, 7) is 10.6. The molecule has 2 amide bonds. The van der Waals surface area contributed by atoms with E-state index in [2.05, 4.69) is 6.92 Å². The first-order valence-electron chi connectivity index (χ1n) is 12.9. The van der Waals surface area contributed by atoms with Crippen molar-refractivity contribution in [3.8, 4) is 0 Å². The molecule has 0 saturated carbocycles. The fraction of sp³-hybridized carbons (Fsp3) is 0.840. The van der Waals surface area contributed by atoms with Gasteiger partial charge in [0.25, 0.3) is 11.8 Å². The number of carbonyl (C=O) groups excluding carboxylic acids is 2. The van der Waals surface area contributed by atoms with Gasteiger partial charge in [0, 0.05) is 18.8 Å². The second kappa shape index (κ2) is 25.2. The predicted molar refractivity (Wildman–Crippen MR) is 132 cm³/mol. The molecule has 11 nitrogen and oxygen atoms in total. The first kappa shape index (κ1) is 32.6. The summed E-state index contributed by atoms with van der Waals surface area (Å²) in [7, 11) is 0. The Hall–Kier alpha value is -1.44. The van der Waals surface area contributed by atoms with Crippen molar-refractivity contribution in [2.45, 2.75) is 26.2 Å². The van der Waals surface area contributed by atoms with E-state index in [9.17, 15) is 9.59 Å². The molecule has 0 fully saturated rings. The predicted octanol–water partition coefficient (Wildman–Crippen LogP) is 1.23. The van der Waals surface area contributed by atoms with Gasteiger partial charge in [-0.15, -0.1) is 0 Å². The summed E-state index contributed by atoms with van der Waals surface area (Å²) in [4.78, 5) is 23.9. The van der Waals surface area contributed by atoms with Gasteiger partial charge in [0.15, 0.2) is 0 Å². The molecule has 1 aliphatic heterocycles. The van der Waals surface area contributed by atoms with Crippen LogP contribution in [0.3, 0.4) is 0 Å². The molecule has 0 aromatic carbocycles. The van der Waals surface area contributed by atoms with Crippen molar-refractivity contribution >= 4 is 11.8 Å². The number of imide groups is 1. The van der Waals surface area contributed by atoms with Gasteiger partial charge in [-0.3, -0.25) is 14.5 Å². The minimum Gasteiger partial charge on any atom is -0.379 e. The van der Waals surface area contributed by atoms with E-state index in [1.54, 1.807) is 0 Å². The molecule has 210 valence electrons. The first-order chi connectivity index (χ1) is 17.8. The van der Waals surface area contributed by atoms with Crippen molar-refractivity contribution in [3.05, 3.63) is 12.2 Å². The van der Waals surface area contributed by atoms with Gasteiger partial charge in [0.1, 0.15) is 0 Å². The third-order valence-electron chi connectivity index (χ3n) is 4.86. The van der Waals surface area contributed by atoms with Crippen LogP contribution in [0.5, 0.6) is 0 Å². The highest BCUT2D eigenvalue weighted by Crippen LogP contribution is 2.02. The third-order valence-corrected chi connectivity index (χ3v) is 4.86. The maximum atomic E-state index is 11.4. The van der Waals surface area contributed by atoms with Crippen LogP contribution in [-0.2, 0) is 47.5 Å². The lowest BCUT2D eigenvalue weighted by atomic mass is 10.3. The second-order valence-corrected chi connectivity index (χ2v) is 7.77. The molecule has 1 aliphatic rings. The summed E-state index contributed by atoms with van der Waals surface area (Å²) in [6.07, 6.45) is 6.05. The van der Waals surface area contributed by atoms with E-state index in [0.29, 0.717) is 92.5 Å². The van der Waals surface area contributed by atoms with Crippen LogP contribution >= 0.6 is 0 Å². The quantitative estimate of drug-likeness (QED) is 0.111. The normalized spacial score (nSPS) is 13.4. The zero-order chi connectivity index (χ0) is 25.9. The Labute approximate surface area is 215 Å². The molecule has 1 rings (SSSR count). The second-order valence-electron chi connectivity index (χ2n) is 7.77. The molecule has 11 heteroatoms. The van der Waals surface area contributed by atoms with Gasteiger partial charge in [-0.25, -0.2) is 0 Å². The van der Waals surface area contributed by atoms with Crippen LogP contribution in [0.15, 0.2) is 12.2 Å². The summed E-state index contributed by atoms with van der Waals surface area (Å²) in [6, 6.07) is 0. The molecule has 36 heavy (non-hydrogen) atoms. The molecule has 0 aromatic rings. The van der Waals surface area contributed by atoms with Crippen LogP contribution < -0.4 is 0 Å². The molecule has 1 heterocycles. The van der Waals surface area contributed by atoms with Crippen molar-refractivity contribution in [2.24, 2.45) is 0 Å². The molecular formula is C25H45NO10. The lowest BCUT2D eigenvalue weighted by molar-refractivity contribution is -0.137. The zero-order valence-electron chi connectivity index (χ0n) is 21.8. The van der Waals surface area contributed by atoms with E-state index in [-0.39, 0.29) is 25.0 Å². The van der Waals surface area contributed by atoms with Crippen molar-refractivity contribution in [3.63, 3.8) is 0 Å². The first-order valence-corrected chi connectivity index (χ1v) is 12.9. The fourth-order valence-electron chi connectivity index (χ4n) is 2.90. The molecular weight excluding hydrogens is 474 g/mol. The van der Waals surface area contributed by atoms with E-state index < -0.39 is 0 Å². The molecule has 0 bridgehead atoms. The molecule has 0 aliphatic carbocycles. The Morgan fingerprint density at radius 3 is 1.11 bits per heavy atom. The highest BCUT2D eigenvalue weighted by atomic mass is 16.6. The van der Waals surface area contributed by atoms with Gasteiger partial charge >= 0.3 is 0 Å². The van der Waals surface area contributed by atoms with Crippen LogP contribution in [0.4, 0.5) is 0 Å². The van der Waals surface area contributed by atoms with Crippen molar-refractivity contribution in [1.82, 2.24) is 4.90 Å². The maximum Gasteiger partial charge on any atom is 0.253 e. The summed E-state index contributed by atoms with van der Waals surface area (Å²) >= 11 is 0. The molecule has 0 unspecified atom stereocenters. The van der Waals surface area contributed by atoms with E-state index in [1.807, 2.05) is 0 Å². The van der Waals surface area contributed by atoms with Gasteiger partial charge in [-0.2, -0.15) is 0 Å². The molecule has 0 aromatic heterocycles. The average Bonchev–Trinajstić information content (AvgIpc) is 3.20. The molecule has 0 spiro atoms. The summed E-state index contributed by atoms with van der Waals surface area (Å²) in [5.41, 5.74) is 0. The van der Waals surface area contributed by atoms with Crippen LogP contribution in [0.25, 0.3) is 0 Å². The van der Waals surface area contributed by atoms with Crippen molar-refractivity contribution in [1.29, 1.82) is 0 Å². The number of hydrogen-bond donors (Lipinski definition) is 0. The Morgan fingerprint density at radius 2 is 0.778 bits per heavy atom. The van der Waals surface area contributed by atoms with Crippen molar-refractivity contribution < 1.29 is 47.5 Å². The standard InChI is InChI=1S/C25H45NO10/c1-2-3-4-8-29-10-12-31-14-16-33-18-20-35-22-23-36-21-19-34-17-15-32-13-11-30-9-7-26-24(27)5-6-25(26)28/h5-6H,2-4,7-23H2,1H3. The van der Waals surface area contributed by atoms with Gasteiger partial charge in [-0.05, 0) is 6.42 Å². The van der Waals surface area contributed by atoms with Crippen LogP contribution in [-0.4, -0.2) is 129 Å². The zero-order valence-corrected chi connectivity index (χ0v) is 21.8. The van der Waals surface area contributed by atoms with E-state index in [4.69, 9.17) is 37.9 Å². The van der Waals surface area contributed by atoms with Gasteiger partial charge < -0.3 is 37.9 Å². The smallest absolute Gasteiger partial charge is 0.253 e. The van der Waals surface area contributed by atoms with Gasteiger partial charge in [0.2, 0.25) is 0 Å². The van der Waals surface area contributed by atoms with Crippen LogP contribution in [0.1, 0.15) is 26.2 Å². The summed E-state index contributed by atoms with van der Waals surface area (Å²) < 4.78 is 43.4. The Balaban J connectivity index is 1.65. The average molecular weight is 520 g/mol. The summed E-state index contributed by atoms with van der Waals surface area (Å²) in [5, 5.41) is 0. The van der Waals surface area contributed by atoms with Gasteiger partial charge in [-0.1, -0.05) is 19.8 Å². The minimum absolute atomic E-state index is 0.248. The number of amides is 2. The third kappa shape index (κ3) is 19.7. The largest absolute Gasteiger partial charge is 0.379 e. The van der Waals surface area contributed by atoms with Gasteiger partial charge in [0.05, 0.1) is 106 Å². The van der Waals surface area contributed by atoms with E-state index in [1.165, 1.54) is 25.0 Å². The van der Waals surface area contributed by atoms with E-state index >= 15 is 0 Å². The summed E-state index contributed by atoms with van der Waals surface area (Å²) in [5.74, 6) is -0.601. The number of rotatable bonds is 28. The molecule has 0 saturated heterocycles. The lowest BCUT2D eigenvalue weighted by Gasteiger charge is -2.13. The number of carbonyl (C=O) groups is 2. The van der Waals surface area contributed by atoms with Crippen LogP contribution in [0.2, 0.25) is 0 Å². The fourth-order valence-corrected chi connectivity index (χ4v) is 2.90. The minimum atomic E-state index is -0.300. The number of ether oxygens (including phenoxy) is 8.